The molecule has 21 heavy (non-hydrogen) atoms. The summed E-state index contributed by atoms with van der Waals surface area (Å²) in [6.45, 7) is 15.7. The molecule has 6 heteroatoms. The van der Waals surface area contributed by atoms with Gasteiger partial charge >= 0.3 is 5.97 Å². The van der Waals surface area contributed by atoms with Gasteiger partial charge in [-0.2, -0.15) is 10.2 Å². The summed E-state index contributed by atoms with van der Waals surface area (Å²) in [5.74, 6) is -0.170. The van der Waals surface area contributed by atoms with Gasteiger partial charge in [-0.25, -0.2) is 4.79 Å². The first-order valence-electron chi connectivity index (χ1n) is 7.63. The lowest BCUT2D eigenvalue weighted by molar-refractivity contribution is -0.152. The van der Waals surface area contributed by atoms with Gasteiger partial charge in [-0.3, -0.25) is 0 Å². The summed E-state index contributed by atoms with van der Waals surface area (Å²) in [5, 5.41) is 8.41. The van der Waals surface area contributed by atoms with Gasteiger partial charge in [0.05, 0.1) is 19.8 Å². The molecule has 1 aliphatic rings. The fourth-order valence-corrected chi connectivity index (χ4v) is 3.82. The Balaban J connectivity index is 3.17. The molecule has 0 spiro atoms. The Kier molecular flexibility index (Phi) is 5.37. The van der Waals surface area contributed by atoms with Gasteiger partial charge in [-0.1, -0.05) is 34.6 Å². The number of rotatable bonds is 5. The Morgan fingerprint density at radius 3 is 2.19 bits per heavy atom. The number of carbonyl (C=O) groups is 1. The molecule has 1 aliphatic heterocycles. The first-order valence-corrected chi connectivity index (χ1v) is 10.5. The van der Waals surface area contributed by atoms with E-state index in [0.29, 0.717) is 13.0 Å². The largest absolute Gasteiger partial charge is 0.467 e. The zero-order valence-electron chi connectivity index (χ0n) is 14.7. The summed E-state index contributed by atoms with van der Waals surface area (Å²) in [6, 6.07) is 0. The van der Waals surface area contributed by atoms with E-state index in [1.165, 1.54) is 7.11 Å². The average Bonchev–Trinajstić information content (AvgIpc) is 2.83. The standard InChI is InChI=1S/C15H30N2O3Si/c1-11(2)12(20-21(7,8)14(3,4)5)15(13(18)19-6)9-10-16-17-15/h11-12H,9-10H2,1-8H3/t12-,15+/m0/s1. The third-order valence-electron chi connectivity index (χ3n) is 4.68. The predicted molar refractivity (Wildman–Crippen MR) is 86.0 cm³/mol. The molecule has 1 heterocycles. The Bertz CT molecular complexity index is 416. The molecule has 0 unspecified atom stereocenters. The minimum absolute atomic E-state index is 0.0766. The molecule has 1 rings (SSSR count). The van der Waals surface area contributed by atoms with Gasteiger partial charge in [-0.05, 0) is 24.1 Å². The van der Waals surface area contributed by atoms with Gasteiger partial charge in [0.2, 0.25) is 5.54 Å². The maximum Gasteiger partial charge on any atom is 0.338 e. The molecule has 0 aromatic heterocycles. The van der Waals surface area contributed by atoms with Crippen LogP contribution < -0.4 is 0 Å². The summed E-state index contributed by atoms with van der Waals surface area (Å²) >= 11 is 0. The first-order chi connectivity index (χ1) is 9.48. The number of carbonyl (C=O) groups excluding carboxylic acids is 1. The summed E-state index contributed by atoms with van der Waals surface area (Å²) < 4.78 is 11.6. The van der Waals surface area contributed by atoms with E-state index in [1.807, 2.05) is 0 Å². The summed E-state index contributed by atoms with van der Waals surface area (Å²) in [7, 11) is -0.609. The van der Waals surface area contributed by atoms with Crippen LogP contribution in [0.15, 0.2) is 10.2 Å². The number of ether oxygens (including phenoxy) is 1. The van der Waals surface area contributed by atoms with Gasteiger partial charge in [0.1, 0.15) is 0 Å². The smallest absolute Gasteiger partial charge is 0.338 e. The lowest BCUT2D eigenvalue weighted by Gasteiger charge is -2.44. The summed E-state index contributed by atoms with van der Waals surface area (Å²) in [6.07, 6.45) is 0.272. The molecular formula is C15H30N2O3Si. The third-order valence-corrected chi connectivity index (χ3v) is 9.14. The topological polar surface area (TPSA) is 60.2 Å². The van der Waals surface area contributed by atoms with Crippen LogP contribution in [0.25, 0.3) is 0 Å². The van der Waals surface area contributed by atoms with E-state index in [0.717, 1.165) is 0 Å². The van der Waals surface area contributed by atoms with Gasteiger partial charge in [0, 0.05) is 6.42 Å². The van der Waals surface area contributed by atoms with Crippen molar-refractivity contribution in [3.8, 4) is 0 Å². The molecule has 0 fully saturated rings. The summed E-state index contributed by atoms with van der Waals surface area (Å²) in [4.78, 5) is 12.4. The highest BCUT2D eigenvalue weighted by Crippen LogP contribution is 2.42. The van der Waals surface area contributed by atoms with Crippen LogP contribution in [-0.4, -0.2) is 39.6 Å². The Labute approximate surface area is 129 Å². The number of hydrogen-bond acceptors (Lipinski definition) is 5. The molecule has 0 N–H and O–H groups in total. The second-order valence-electron chi connectivity index (χ2n) is 7.67. The maximum atomic E-state index is 12.4. The zero-order chi connectivity index (χ0) is 16.5. The van der Waals surface area contributed by atoms with E-state index in [-0.39, 0.29) is 23.0 Å². The molecule has 122 valence electrons. The molecule has 0 saturated heterocycles. The molecule has 5 nitrogen and oxygen atoms in total. The molecule has 0 bridgehead atoms. The Morgan fingerprint density at radius 1 is 1.29 bits per heavy atom. The molecule has 2 atom stereocenters. The molecule has 0 aromatic carbocycles. The van der Waals surface area contributed by atoms with Crippen LogP contribution >= 0.6 is 0 Å². The lowest BCUT2D eigenvalue weighted by Crippen LogP contribution is -2.56. The van der Waals surface area contributed by atoms with Gasteiger partial charge in [0.25, 0.3) is 0 Å². The van der Waals surface area contributed by atoms with Crippen LogP contribution in [0.4, 0.5) is 0 Å². The normalized spacial score (nSPS) is 24.4. The molecule has 0 aromatic rings. The van der Waals surface area contributed by atoms with Crippen LogP contribution in [0.3, 0.4) is 0 Å². The van der Waals surface area contributed by atoms with Crippen LogP contribution in [-0.2, 0) is 14.0 Å². The first kappa shape index (κ1) is 18.3. The monoisotopic (exact) mass is 314 g/mol. The van der Waals surface area contributed by atoms with Crippen molar-refractivity contribution >= 4 is 14.3 Å². The predicted octanol–water partition coefficient (Wildman–Crippen LogP) is 3.80. The van der Waals surface area contributed by atoms with Crippen LogP contribution in [0.2, 0.25) is 18.1 Å². The minimum Gasteiger partial charge on any atom is -0.467 e. The Morgan fingerprint density at radius 2 is 1.86 bits per heavy atom. The van der Waals surface area contributed by atoms with Crippen molar-refractivity contribution in [2.24, 2.45) is 16.1 Å². The van der Waals surface area contributed by atoms with Gasteiger partial charge in [-0.15, -0.1) is 0 Å². The summed E-state index contributed by atoms with van der Waals surface area (Å²) in [5.41, 5.74) is -0.974. The molecule has 0 amide bonds. The van der Waals surface area contributed by atoms with Crippen molar-refractivity contribution in [2.75, 3.05) is 13.7 Å². The van der Waals surface area contributed by atoms with Crippen molar-refractivity contribution in [1.29, 1.82) is 0 Å². The van der Waals surface area contributed by atoms with Crippen LogP contribution in [0, 0.1) is 5.92 Å². The number of azo groups is 1. The fourth-order valence-electron chi connectivity index (χ4n) is 2.36. The number of hydrogen-bond donors (Lipinski definition) is 0. The van der Waals surface area contributed by atoms with E-state index in [9.17, 15) is 4.79 Å². The van der Waals surface area contributed by atoms with Crippen molar-refractivity contribution in [3.63, 3.8) is 0 Å². The van der Waals surface area contributed by atoms with E-state index in [4.69, 9.17) is 9.16 Å². The molecule has 0 radical (unpaired) electrons. The molecule has 0 aliphatic carbocycles. The highest BCUT2D eigenvalue weighted by atomic mass is 28.4. The van der Waals surface area contributed by atoms with Gasteiger partial charge in [0.15, 0.2) is 8.32 Å². The Hall–Kier alpha value is -0.753. The van der Waals surface area contributed by atoms with Crippen LogP contribution in [0.5, 0.6) is 0 Å². The van der Waals surface area contributed by atoms with Crippen molar-refractivity contribution in [2.45, 2.75) is 70.8 Å². The van der Waals surface area contributed by atoms with E-state index >= 15 is 0 Å². The second-order valence-corrected chi connectivity index (χ2v) is 12.4. The minimum atomic E-state index is -2.01. The zero-order valence-corrected chi connectivity index (χ0v) is 15.7. The highest BCUT2D eigenvalue weighted by molar-refractivity contribution is 6.74. The second kappa shape index (κ2) is 6.16. The highest BCUT2D eigenvalue weighted by Gasteiger charge is 2.54. The molecular weight excluding hydrogens is 284 g/mol. The van der Waals surface area contributed by atoms with E-state index in [2.05, 4.69) is 57.9 Å². The van der Waals surface area contributed by atoms with Crippen molar-refractivity contribution in [3.05, 3.63) is 0 Å². The van der Waals surface area contributed by atoms with E-state index in [1.54, 1.807) is 0 Å². The maximum absolute atomic E-state index is 12.4. The number of nitrogens with zero attached hydrogens (tertiary/aromatic N) is 2. The van der Waals surface area contributed by atoms with Crippen molar-refractivity contribution < 1.29 is 14.0 Å². The van der Waals surface area contributed by atoms with Crippen molar-refractivity contribution in [1.82, 2.24) is 0 Å². The van der Waals surface area contributed by atoms with Crippen LogP contribution in [0.1, 0.15) is 41.0 Å². The lowest BCUT2D eigenvalue weighted by atomic mass is 9.84. The van der Waals surface area contributed by atoms with Gasteiger partial charge < -0.3 is 9.16 Å². The molecule has 0 saturated carbocycles. The quantitative estimate of drug-likeness (QED) is 0.573. The number of esters is 1. The average molecular weight is 315 g/mol. The third kappa shape index (κ3) is 3.53. The fraction of sp³-hybridized carbons (Fsp3) is 0.933. The SMILES string of the molecule is COC(=O)[C@]1([C@@H](O[Si](C)(C)C(C)(C)C)C(C)C)CCN=N1. The van der Waals surface area contributed by atoms with E-state index < -0.39 is 13.9 Å². The number of methoxy groups -OCH3 is 1.